The molecule has 0 aliphatic rings. The van der Waals surface area contributed by atoms with Gasteiger partial charge in [0.2, 0.25) is 0 Å². The molecule has 0 saturated carbocycles. The summed E-state index contributed by atoms with van der Waals surface area (Å²) in [5.74, 6) is 0. The maximum Gasteiger partial charge on any atom is -0.0365 e. The molecule has 0 aliphatic heterocycles. The largest absolute Gasteiger partial charge is 0.118 e. The van der Waals surface area contributed by atoms with Crippen molar-refractivity contribution in [2.45, 2.75) is 21.8 Å². The molecule has 0 fully saturated rings. The van der Waals surface area contributed by atoms with Gasteiger partial charge in [-0.25, -0.2) is 0 Å². The summed E-state index contributed by atoms with van der Waals surface area (Å²) in [4.78, 5) is 0. The van der Waals surface area contributed by atoms with Crippen LogP contribution in [0.3, 0.4) is 0 Å². The Bertz CT molecular complexity index is 68.5. The van der Waals surface area contributed by atoms with Crippen LogP contribution in [0.5, 0.6) is 0 Å². The zero-order valence-corrected chi connectivity index (χ0v) is 5.76. The lowest BCUT2D eigenvalue weighted by Crippen LogP contribution is -1.75. The van der Waals surface area contributed by atoms with Crippen molar-refractivity contribution in [3.63, 3.8) is 0 Å². The lowest BCUT2D eigenvalue weighted by Gasteiger charge is -2.04. The van der Waals surface area contributed by atoms with Crippen molar-refractivity contribution in [3.8, 4) is 0 Å². The van der Waals surface area contributed by atoms with Crippen LogP contribution in [0.4, 0.5) is 0 Å². The van der Waals surface area contributed by atoms with E-state index in [2.05, 4.69) is 26.6 Å². The molecule has 54 valence electrons. The average molecular weight is 136 g/mol. The van der Waals surface area contributed by atoms with Crippen LogP contribution in [0, 0.1) is 0 Å². The smallest absolute Gasteiger partial charge is 0.0365 e. The summed E-state index contributed by atoms with van der Waals surface area (Å²) in [6, 6.07) is 0. The van der Waals surface area contributed by atoms with E-state index in [-0.39, 0.29) is 14.9 Å². The summed E-state index contributed by atoms with van der Waals surface area (Å²) in [6.45, 7) is 6.03. The SMILES string of the molecule is C.C.C=P(C)(C)CC. The molecule has 0 nitrogen and oxygen atoms in total. The minimum atomic E-state index is -0.647. The van der Waals surface area contributed by atoms with Gasteiger partial charge in [0, 0.05) is 0 Å². The van der Waals surface area contributed by atoms with E-state index in [0.29, 0.717) is 0 Å². The molecule has 0 aromatic rings. The van der Waals surface area contributed by atoms with Crippen LogP contribution in [0.15, 0.2) is 0 Å². The Morgan fingerprint density at radius 1 is 1.25 bits per heavy atom. The summed E-state index contributed by atoms with van der Waals surface area (Å²) < 4.78 is 0. The highest BCUT2D eigenvalue weighted by Gasteiger charge is 1.89. The van der Waals surface area contributed by atoms with Crippen LogP contribution in [0.1, 0.15) is 21.8 Å². The van der Waals surface area contributed by atoms with E-state index in [1.54, 1.807) is 0 Å². The highest BCUT2D eigenvalue weighted by molar-refractivity contribution is 7.72. The predicted octanol–water partition coefficient (Wildman–Crippen LogP) is 2.99. The Morgan fingerprint density at radius 3 is 1.38 bits per heavy atom. The molecule has 0 N–H and O–H groups in total. The van der Waals surface area contributed by atoms with E-state index in [4.69, 9.17) is 0 Å². The lowest BCUT2D eigenvalue weighted by atomic mass is 11.0. The second-order valence-electron chi connectivity index (χ2n) is 2.25. The molecule has 0 atom stereocenters. The number of hydrogen-bond acceptors (Lipinski definition) is 0. The van der Waals surface area contributed by atoms with Crippen LogP contribution >= 0.6 is 6.89 Å². The summed E-state index contributed by atoms with van der Waals surface area (Å²) in [6.07, 6.45) is 5.27. The zero-order chi connectivity index (χ0) is 5.21. The third kappa shape index (κ3) is 16.3. The van der Waals surface area contributed by atoms with Crippen LogP contribution < -0.4 is 0 Å². The zero-order valence-electron chi connectivity index (χ0n) is 4.86. The molecule has 0 aromatic carbocycles. The Hall–Kier alpha value is 0.300. The van der Waals surface area contributed by atoms with E-state index in [1.807, 2.05) is 0 Å². The number of rotatable bonds is 1. The third-order valence-corrected chi connectivity index (χ3v) is 2.57. The number of hydrogen-bond donors (Lipinski definition) is 0. The second-order valence-corrected chi connectivity index (χ2v) is 6.76. The van der Waals surface area contributed by atoms with Gasteiger partial charge >= 0.3 is 0 Å². The standard InChI is InChI=1S/C5H13P.2CH4/c1-5-6(2,3)4;;/h2,5H2,1,3-4H3;2*1H4. The maximum absolute atomic E-state index is 4.00. The minimum absolute atomic E-state index is 0. The van der Waals surface area contributed by atoms with Crippen molar-refractivity contribution >= 4 is 13.2 Å². The van der Waals surface area contributed by atoms with Crippen molar-refractivity contribution in [3.05, 3.63) is 0 Å². The normalized spacial score (nSPS) is 8.88. The topological polar surface area (TPSA) is 0 Å². The van der Waals surface area contributed by atoms with Crippen molar-refractivity contribution in [1.29, 1.82) is 0 Å². The molecule has 0 aromatic heterocycles. The van der Waals surface area contributed by atoms with Gasteiger partial charge in [-0.05, 0) is 19.5 Å². The Balaban J connectivity index is -0.000000125. The quantitative estimate of drug-likeness (QED) is 0.486. The molecule has 0 amide bonds. The molecule has 0 rings (SSSR count). The Morgan fingerprint density at radius 2 is 1.38 bits per heavy atom. The first-order valence-corrected chi connectivity index (χ1v) is 5.29. The Labute approximate surface area is 55.3 Å². The maximum atomic E-state index is 4.00. The molecule has 1 heteroatoms. The van der Waals surface area contributed by atoms with E-state index < -0.39 is 6.89 Å². The Kier molecular flexibility index (Phi) is 10.7. The van der Waals surface area contributed by atoms with Gasteiger partial charge in [-0.1, -0.05) is 21.8 Å². The van der Waals surface area contributed by atoms with Gasteiger partial charge < -0.3 is 0 Å². The molecule has 0 unspecified atom stereocenters. The van der Waals surface area contributed by atoms with Gasteiger partial charge in [0.1, 0.15) is 0 Å². The third-order valence-electron chi connectivity index (χ3n) is 0.856. The predicted molar refractivity (Wildman–Crippen MR) is 49.9 cm³/mol. The average Bonchev–Trinajstić information content (AvgIpc) is 1.35. The van der Waals surface area contributed by atoms with Crippen molar-refractivity contribution < 1.29 is 0 Å². The van der Waals surface area contributed by atoms with Gasteiger partial charge in [0.05, 0.1) is 0 Å². The highest BCUT2D eigenvalue weighted by atomic mass is 31.2. The van der Waals surface area contributed by atoms with Crippen molar-refractivity contribution in [2.75, 3.05) is 19.5 Å². The molecule has 0 radical (unpaired) electrons. The first kappa shape index (κ1) is 15.7. The van der Waals surface area contributed by atoms with Crippen LogP contribution in [0.25, 0.3) is 0 Å². The monoisotopic (exact) mass is 136 g/mol. The highest BCUT2D eigenvalue weighted by Crippen LogP contribution is 2.33. The van der Waals surface area contributed by atoms with E-state index >= 15 is 0 Å². The molecular formula is C7H21P. The fourth-order valence-electron chi connectivity index (χ4n) is 0. The first-order valence-electron chi connectivity index (χ1n) is 2.23. The van der Waals surface area contributed by atoms with Crippen LogP contribution in [-0.4, -0.2) is 25.8 Å². The summed E-state index contributed by atoms with van der Waals surface area (Å²) in [5, 5.41) is 0. The molecular weight excluding hydrogens is 115 g/mol. The summed E-state index contributed by atoms with van der Waals surface area (Å²) in [7, 11) is 0. The van der Waals surface area contributed by atoms with Crippen molar-refractivity contribution in [2.24, 2.45) is 0 Å². The molecule has 0 saturated heterocycles. The van der Waals surface area contributed by atoms with Crippen LogP contribution in [0.2, 0.25) is 0 Å². The lowest BCUT2D eigenvalue weighted by molar-refractivity contribution is 1.49. The van der Waals surface area contributed by atoms with E-state index in [1.165, 1.54) is 6.16 Å². The van der Waals surface area contributed by atoms with Gasteiger partial charge in [0.15, 0.2) is 0 Å². The summed E-state index contributed by atoms with van der Waals surface area (Å²) in [5.41, 5.74) is 0. The fraction of sp³-hybridized carbons (Fsp3) is 0.857. The van der Waals surface area contributed by atoms with Gasteiger partial charge in [-0.2, -0.15) is 0 Å². The van der Waals surface area contributed by atoms with Gasteiger partial charge in [-0.15, -0.1) is 13.2 Å². The molecule has 8 heavy (non-hydrogen) atoms. The minimum Gasteiger partial charge on any atom is -0.118 e. The molecule has 0 bridgehead atoms. The van der Waals surface area contributed by atoms with Crippen LogP contribution in [-0.2, 0) is 0 Å². The van der Waals surface area contributed by atoms with E-state index in [0.717, 1.165) is 0 Å². The second kappa shape index (κ2) is 5.44. The molecule has 0 heterocycles. The first-order chi connectivity index (χ1) is 2.56. The fourth-order valence-corrected chi connectivity index (χ4v) is 0. The van der Waals surface area contributed by atoms with Gasteiger partial charge in [-0.3, -0.25) is 0 Å². The summed E-state index contributed by atoms with van der Waals surface area (Å²) >= 11 is 0. The van der Waals surface area contributed by atoms with E-state index in [9.17, 15) is 0 Å². The molecule has 0 aliphatic carbocycles. The van der Waals surface area contributed by atoms with Gasteiger partial charge in [0.25, 0.3) is 0 Å². The molecule has 0 spiro atoms. The van der Waals surface area contributed by atoms with Crippen molar-refractivity contribution in [1.82, 2.24) is 0 Å².